The van der Waals surface area contributed by atoms with Gasteiger partial charge in [0.05, 0.1) is 23.8 Å². The van der Waals surface area contributed by atoms with E-state index in [4.69, 9.17) is 4.98 Å². The molecule has 1 aliphatic heterocycles. The van der Waals surface area contributed by atoms with E-state index in [2.05, 4.69) is 29.2 Å². The smallest absolute Gasteiger partial charge is 0.0920 e. The highest BCUT2D eigenvalue weighted by Gasteiger charge is 2.15. The van der Waals surface area contributed by atoms with E-state index in [9.17, 15) is 0 Å². The first-order chi connectivity index (χ1) is 10.2. The first-order valence-electron chi connectivity index (χ1n) is 7.78. The highest BCUT2D eigenvalue weighted by atomic mass is 15.3. The summed E-state index contributed by atoms with van der Waals surface area (Å²) < 4.78 is 1.95. The topological polar surface area (TPSA) is 55.6 Å². The first kappa shape index (κ1) is 14.2. The van der Waals surface area contributed by atoms with Crippen molar-refractivity contribution in [1.82, 2.24) is 25.1 Å². The molecule has 1 saturated heterocycles. The van der Waals surface area contributed by atoms with Gasteiger partial charge in [0.1, 0.15) is 0 Å². The van der Waals surface area contributed by atoms with E-state index >= 15 is 0 Å². The molecule has 3 rings (SSSR count). The van der Waals surface area contributed by atoms with Gasteiger partial charge in [-0.1, -0.05) is 0 Å². The molecule has 21 heavy (non-hydrogen) atoms. The van der Waals surface area contributed by atoms with E-state index in [1.807, 2.05) is 29.5 Å². The average Bonchev–Trinajstić information content (AvgIpc) is 2.99. The van der Waals surface area contributed by atoms with Crippen LogP contribution in [0.25, 0.3) is 11.3 Å². The predicted molar refractivity (Wildman–Crippen MR) is 82.9 cm³/mol. The maximum absolute atomic E-state index is 4.77. The summed E-state index contributed by atoms with van der Waals surface area (Å²) in [5, 5.41) is 7.83. The van der Waals surface area contributed by atoms with E-state index in [0.29, 0.717) is 12.0 Å². The van der Waals surface area contributed by atoms with Gasteiger partial charge >= 0.3 is 0 Å². The van der Waals surface area contributed by atoms with Crippen LogP contribution < -0.4 is 5.32 Å². The van der Waals surface area contributed by atoms with Crippen molar-refractivity contribution in [1.29, 1.82) is 0 Å². The fourth-order valence-corrected chi connectivity index (χ4v) is 2.79. The lowest BCUT2D eigenvalue weighted by molar-refractivity contribution is 0.373. The van der Waals surface area contributed by atoms with Crippen molar-refractivity contribution < 1.29 is 0 Å². The zero-order chi connectivity index (χ0) is 14.7. The molecular weight excluding hydrogens is 262 g/mol. The number of aromatic nitrogens is 4. The van der Waals surface area contributed by atoms with E-state index in [0.717, 1.165) is 36.5 Å². The molecule has 1 aliphatic rings. The van der Waals surface area contributed by atoms with Crippen LogP contribution in [0.2, 0.25) is 0 Å². The second-order valence-electron chi connectivity index (χ2n) is 6.11. The van der Waals surface area contributed by atoms with Crippen molar-refractivity contribution in [3.05, 3.63) is 30.5 Å². The standard InChI is InChI=1S/C16H23N5/c1-12(2)21-11-14(8-19-21)16-10-18-9-15(20-16)6-13-4-3-5-17-7-13/h8-13,17H,3-7H2,1-2H3/t13-/m0/s1. The normalized spacial score (nSPS) is 19.1. The van der Waals surface area contributed by atoms with E-state index < -0.39 is 0 Å². The highest BCUT2D eigenvalue weighted by Crippen LogP contribution is 2.19. The van der Waals surface area contributed by atoms with Crippen molar-refractivity contribution in [2.45, 2.75) is 39.2 Å². The van der Waals surface area contributed by atoms with Gasteiger partial charge in [-0.3, -0.25) is 9.67 Å². The average molecular weight is 285 g/mol. The first-order valence-corrected chi connectivity index (χ1v) is 7.78. The third kappa shape index (κ3) is 3.47. The molecule has 0 saturated carbocycles. The van der Waals surface area contributed by atoms with Crippen LogP contribution >= 0.6 is 0 Å². The molecule has 2 aromatic heterocycles. The van der Waals surface area contributed by atoms with Crippen molar-refractivity contribution in [2.24, 2.45) is 5.92 Å². The largest absolute Gasteiger partial charge is 0.316 e. The van der Waals surface area contributed by atoms with Gasteiger partial charge in [0, 0.05) is 24.0 Å². The molecule has 112 valence electrons. The number of rotatable bonds is 4. The van der Waals surface area contributed by atoms with Gasteiger partial charge in [0.15, 0.2) is 0 Å². The van der Waals surface area contributed by atoms with Crippen molar-refractivity contribution in [3.63, 3.8) is 0 Å². The molecule has 5 nitrogen and oxygen atoms in total. The fraction of sp³-hybridized carbons (Fsp3) is 0.562. The Labute approximate surface area is 125 Å². The van der Waals surface area contributed by atoms with Crippen LogP contribution in [0.3, 0.4) is 0 Å². The van der Waals surface area contributed by atoms with Gasteiger partial charge in [-0.05, 0) is 52.1 Å². The summed E-state index contributed by atoms with van der Waals surface area (Å²) in [5.74, 6) is 0.682. The molecule has 2 aromatic rings. The summed E-state index contributed by atoms with van der Waals surface area (Å²) in [5.41, 5.74) is 3.04. The molecule has 0 unspecified atom stereocenters. The summed E-state index contributed by atoms with van der Waals surface area (Å²) in [6.07, 6.45) is 11.2. The lowest BCUT2D eigenvalue weighted by Crippen LogP contribution is -2.31. The second kappa shape index (κ2) is 6.35. The Bertz CT molecular complexity index is 584. The molecule has 3 heterocycles. The lowest BCUT2D eigenvalue weighted by Gasteiger charge is -2.22. The third-order valence-corrected chi connectivity index (χ3v) is 4.01. The molecular formula is C16H23N5. The van der Waals surface area contributed by atoms with Gasteiger partial charge in [-0.2, -0.15) is 5.10 Å². The van der Waals surface area contributed by atoms with E-state index in [1.54, 1.807) is 0 Å². The van der Waals surface area contributed by atoms with Crippen LogP contribution in [-0.4, -0.2) is 32.8 Å². The Morgan fingerprint density at radius 2 is 2.24 bits per heavy atom. The van der Waals surface area contributed by atoms with Gasteiger partial charge in [0.25, 0.3) is 0 Å². The summed E-state index contributed by atoms with van der Waals surface area (Å²) >= 11 is 0. The number of hydrogen-bond acceptors (Lipinski definition) is 4. The Morgan fingerprint density at radius 3 is 2.95 bits per heavy atom. The molecule has 0 aliphatic carbocycles. The zero-order valence-electron chi connectivity index (χ0n) is 12.8. The van der Waals surface area contributed by atoms with Gasteiger partial charge < -0.3 is 5.32 Å². The molecule has 0 aromatic carbocycles. The van der Waals surface area contributed by atoms with Gasteiger partial charge in [0.2, 0.25) is 0 Å². The van der Waals surface area contributed by atoms with Crippen LogP contribution in [0.1, 0.15) is 38.4 Å². The minimum Gasteiger partial charge on any atom is -0.316 e. The molecule has 0 spiro atoms. The van der Waals surface area contributed by atoms with Gasteiger partial charge in [-0.15, -0.1) is 0 Å². The minimum atomic E-state index is 0.364. The summed E-state index contributed by atoms with van der Waals surface area (Å²) in [6.45, 7) is 6.48. The maximum atomic E-state index is 4.77. The predicted octanol–water partition coefficient (Wildman–Crippen LogP) is 2.46. The summed E-state index contributed by atoms with van der Waals surface area (Å²) in [4.78, 5) is 9.13. The quantitative estimate of drug-likeness (QED) is 0.937. The molecule has 1 atom stereocenters. The Kier molecular flexibility index (Phi) is 4.29. The van der Waals surface area contributed by atoms with Crippen LogP contribution in [0, 0.1) is 5.92 Å². The highest BCUT2D eigenvalue weighted by molar-refractivity contribution is 5.55. The van der Waals surface area contributed by atoms with Crippen LogP contribution in [0.15, 0.2) is 24.8 Å². The summed E-state index contributed by atoms with van der Waals surface area (Å²) in [6, 6.07) is 0.364. The minimum absolute atomic E-state index is 0.364. The van der Waals surface area contributed by atoms with Crippen molar-refractivity contribution in [2.75, 3.05) is 13.1 Å². The number of nitrogens with zero attached hydrogens (tertiary/aromatic N) is 4. The number of hydrogen-bond donors (Lipinski definition) is 1. The fourth-order valence-electron chi connectivity index (χ4n) is 2.79. The molecule has 0 radical (unpaired) electrons. The summed E-state index contributed by atoms with van der Waals surface area (Å²) in [7, 11) is 0. The number of nitrogens with one attached hydrogen (secondary N) is 1. The van der Waals surface area contributed by atoms with Crippen molar-refractivity contribution in [3.8, 4) is 11.3 Å². The van der Waals surface area contributed by atoms with Crippen LogP contribution in [0.4, 0.5) is 0 Å². The third-order valence-electron chi connectivity index (χ3n) is 4.01. The molecule has 0 bridgehead atoms. The molecule has 1 N–H and O–H groups in total. The lowest BCUT2D eigenvalue weighted by atomic mass is 9.95. The monoisotopic (exact) mass is 285 g/mol. The van der Waals surface area contributed by atoms with E-state index in [1.165, 1.54) is 12.8 Å². The molecule has 0 amide bonds. The Balaban J connectivity index is 1.75. The zero-order valence-corrected chi connectivity index (χ0v) is 12.8. The maximum Gasteiger partial charge on any atom is 0.0920 e. The van der Waals surface area contributed by atoms with Gasteiger partial charge in [-0.25, -0.2) is 4.98 Å². The van der Waals surface area contributed by atoms with Crippen LogP contribution in [-0.2, 0) is 6.42 Å². The Morgan fingerprint density at radius 1 is 1.33 bits per heavy atom. The van der Waals surface area contributed by atoms with Crippen molar-refractivity contribution >= 4 is 0 Å². The molecule has 5 heteroatoms. The van der Waals surface area contributed by atoms with Crippen LogP contribution in [0.5, 0.6) is 0 Å². The number of piperidine rings is 1. The van der Waals surface area contributed by atoms with E-state index in [-0.39, 0.29) is 0 Å². The SMILES string of the molecule is CC(C)n1cc(-c2cncc(C[C@@H]3CCCNC3)n2)cn1. The second-order valence-corrected chi connectivity index (χ2v) is 6.11. The molecule has 1 fully saturated rings. The Hall–Kier alpha value is -1.75.